The van der Waals surface area contributed by atoms with Crippen LogP contribution < -0.4 is 5.32 Å². The Balaban J connectivity index is 1.77. The van der Waals surface area contributed by atoms with Gasteiger partial charge in [0.1, 0.15) is 6.61 Å². The molecule has 9 heteroatoms. The number of alkyl carbamates (subject to hydrolysis) is 1. The molecule has 8 nitrogen and oxygen atoms in total. The molecule has 1 aliphatic heterocycles. The van der Waals surface area contributed by atoms with E-state index in [1.165, 1.54) is 6.20 Å². The molecular formula is C25H31BN2O6. The van der Waals surface area contributed by atoms with Crippen molar-refractivity contribution in [1.29, 1.82) is 0 Å². The van der Waals surface area contributed by atoms with E-state index in [0.29, 0.717) is 16.6 Å². The Kier molecular flexibility index (Phi) is 8.12. The van der Waals surface area contributed by atoms with Crippen molar-refractivity contribution < 1.29 is 28.4 Å². The zero-order chi connectivity index (χ0) is 24.8. The fourth-order valence-electron chi connectivity index (χ4n) is 3.22. The molecule has 1 aliphatic rings. The molecule has 180 valence electrons. The number of hydrogen-bond donors (Lipinski definition) is 1. The summed E-state index contributed by atoms with van der Waals surface area (Å²) < 4.78 is 22.7. The first kappa shape index (κ1) is 25.5. The van der Waals surface area contributed by atoms with Crippen molar-refractivity contribution in [3.63, 3.8) is 0 Å². The highest BCUT2D eigenvalue weighted by molar-refractivity contribution is 6.56. The van der Waals surface area contributed by atoms with Crippen molar-refractivity contribution in [1.82, 2.24) is 10.3 Å². The van der Waals surface area contributed by atoms with Crippen LogP contribution in [0.1, 0.15) is 56.1 Å². The molecule has 1 aromatic heterocycles. The van der Waals surface area contributed by atoms with Crippen molar-refractivity contribution in [3.8, 4) is 0 Å². The van der Waals surface area contributed by atoms with Crippen LogP contribution in [0.25, 0.3) is 6.08 Å². The summed E-state index contributed by atoms with van der Waals surface area (Å²) in [6, 6.07) is 11.1. The first-order chi connectivity index (χ1) is 16.1. The van der Waals surface area contributed by atoms with Gasteiger partial charge in [-0.15, -0.1) is 0 Å². The fourth-order valence-corrected chi connectivity index (χ4v) is 3.22. The third-order valence-electron chi connectivity index (χ3n) is 5.83. The number of esters is 1. The molecular weight excluding hydrogens is 435 g/mol. The Hall–Kier alpha value is -3.17. The lowest BCUT2D eigenvalue weighted by atomic mass is 9.77. The van der Waals surface area contributed by atoms with Gasteiger partial charge in [0.25, 0.3) is 0 Å². The maximum atomic E-state index is 12.3. The zero-order valence-electron chi connectivity index (χ0n) is 20.3. The van der Waals surface area contributed by atoms with Gasteiger partial charge in [0.05, 0.1) is 23.4 Å². The largest absolute Gasteiger partial charge is 0.492 e. The SMILES string of the molecule is CCOC(=O)c1cncc(C=C(CNC(=O)OCc2ccccc2)B2OC(C)(C)C(C)(C)O2)c1. The van der Waals surface area contributed by atoms with E-state index in [1.807, 2.05) is 58.0 Å². The Morgan fingerprint density at radius 3 is 2.38 bits per heavy atom. The Labute approximate surface area is 200 Å². The molecule has 1 N–H and O–H groups in total. The summed E-state index contributed by atoms with van der Waals surface area (Å²) in [5, 5.41) is 2.76. The van der Waals surface area contributed by atoms with Gasteiger partial charge in [0.2, 0.25) is 0 Å². The van der Waals surface area contributed by atoms with Gasteiger partial charge < -0.3 is 24.1 Å². The number of aromatic nitrogens is 1. The first-order valence-corrected chi connectivity index (χ1v) is 11.2. The lowest BCUT2D eigenvalue weighted by Crippen LogP contribution is -2.41. The van der Waals surface area contributed by atoms with Crippen LogP contribution in [0.2, 0.25) is 0 Å². The van der Waals surface area contributed by atoms with E-state index in [4.69, 9.17) is 18.8 Å². The van der Waals surface area contributed by atoms with Crippen molar-refractivity contribution >= 4 is 25.3 Å². The molecule has 0 unspecified atom stereocenters. The molecule has 3 rings (SSSR count). The monoisotopic (exact) mass is 466 g/mol. The highest BCUT2D eigenvalue weighted by atomic mass is 16.7. The third-order valence-corrected chi connectivity index (χ3v) is 5.83. The normalized spacial score (nSPS) is 16.7. The second kappa shape index (κ2) is 10.8. The van der Waals surface area contributed by atoms with Gasteiger partial charge in [-0.3, -0.25) is 4.98 Å². The predicted molar refractivity (Wildman–Crippen MR) is 129 cm³/mol. The quantitative estimate of drug-likeness (QED) is 0.460. The standard InChI is InChI=1S/C25H31BN2O6/c1-6-31-22(29)20-12-19(14-27-15-20)13-21(26-33-24(2,3)25(4,5)34-26)16-28-23(30)32-17-18-10-8-7-9-11-18/h7-15H,6,16-17H2,1-5H3,(H,28,30). The molecule has 0 spiro atoms. The van der Waals surface area contributed by atoms with Crippen molar-refractivity contribution in [2.75, 3.05) is 13.2 Å². The highest BCUT2D eigenvalue weighted by Gasteiger charge is 2.52. The van der Waals surface area contributed by atoms with E-state index in [-0.39, 0.29) is 19.8 Å². The second-order valence-electron chi connectivity index (χ2n) is 8.95. The van der Waals surface area contributed by atoms with Crippen molar-refractivity contribution in [3.05, 3.63) is 71.0 Å². The number of amides is 1. The minimum absolute atomic E-state index is 0.119. The Bertz CT molecular complexity index is 1020. The molecule has 2 aromatic rings. The molecule has 1 aromatic carbocycles. The van der Waals surface area contributed by atoms with Gasteiger partial charge >= 0.3 is 19.2 Å². The summed E-state index contributed by atoms with van der Waals surface area (Å²) in [5.41, 5.74) is 1.40. The van der Waals surface area contributed by atoms with Gasteiger partial charge in [-0.1, -0.05) is 36.4 Å². The molecule has 1 saturated heterocycles. The molecule has 1 fully saturated rings. The maximum absolute atomic E-state index is 12.3. The van der Waals surface area contributed by atoms with E-state index in [9.17, 15) is 9.59 Å². The van der Waals surface area contributed by atoms with Crippen LogP contribution >= 0.6 is 0 Å². The fraction of sp³-hybridized carbons (Fsp3) is 0.400. The summed E-state index contributed by atoms with van der Waals surface area (Å²) in [6.07, 6.45) is 4.28. The molecule has 34 heavy (non-hydrogen) atoms. The molecule has 1 amide bonds. The topological polar surface area (TPSA) is 96.0 Å². The summed E-state index contributed by atoms with van der Waals surface area (Å²) in [7, 11) is -0.703. The number of carbonyl (C=O) groups excluding carboxylic acids is 2. The number of pyridine rings is 1. The van der Waals surface area contributed by atoms with Gasteiger partial charge in [0.15, 0.2) is 0 Å². The first-order valence-electron chi connectivity index (χ1n) is 11.2. The summed E-state index contributed by atoms with van der Waals surface area (Å²) in [6.45, 7) is 10.1. The third kappa shape index (κ3) is 6.45. The van der Waals surface area contributed by atoms with E-state index >= 15 is 0 Å². The molecule has 0 atom stereocenters. The number of hydrogen-bond acceptors (Lipinski definition) is 7. The van der Waals surface area contributed by atoms with Gasteiger partial charge in [-0.25, -0.2) is 9.59 Å². The van der Waals surface area contributed by atoms with E-state index in [0.717, 1.165) is 5.56 Å². The van der Waals surface area contributed by atoms with Crippen LogP contribution in [-0.4, -0.2) is 48.5 Å². The molecule has 0 radical (unpaired) electrons. The number of ether oxygens (including phenoxy) is 2. The number of rotatable bonds is 8. The van der Waals surface area contributed by atoms with Crippen LogP contribution in [0.4, 0.5) is 4.79 Å². The van der Waals surface area contributed by atoms with Crippen LogP contribution in [-0.2, 0) is 25.4 Å². The zero-order valence-corrected chi connectivity index (χ0v) is 20.3. The average Bonchev–Trinajstić information content (AvgIpc) is 3.03. The highest BCUT2D eigenvalue weighted by Crippen LogP contribution is 2.38. The summed E-state index contributed by atoms with van der Waals surface area (Å²) >= 11 is 0. The van der Waals surface area contributed by atoms with Gasteiger partial charge in [-0.05, 0) is 57.3 Å². The van der Waals surface area contributed by atoms with Crippen LogP contribution in [0.15, 0.2) is 54.3 Å². The van der Waals surface area contributed by atoms with E-state index in [2.05, 4.69) is 10.3 Å². The number of carbonyl (C=O) groups is 2. The van der Waals surface area contributed by atoms with Crippen LogP contribution in [0, 0.1) is 0 Å². The number of nitrogens with zero attached hydrogens (tertiary/aromatic N) is 1. The van der Waals surface area contributed by atoms with Gasteiger partial charge in [0, 0.05) is 18.9 Å². The molecule has 0 saturated carbocycles. The lowest BCUT2D eigenvalue weighted by molar-refractivity contribution is 0.00578. The average molecular weight is 466 g/mol. The molecule has 2 heterocycles. The molecule has 0 bridgehead atoms. The maximum Gasteiger partial charge on any atom is 0.492 e. The van der Waals surface area contributed by atoms with Crippen molar-refractivity contribution in [2.45, 2.75) is 52.4 Å². The Morgan fingerprint density at radius 1 is 1.06 bits per heavy atom. The summed E-state index contributed by atoms with van der Waals surface area (Å²) in [5.74, 6) is -0.454. The predicted octanol–water partition coefficient (Wildman–Crippen LogP) is 4.20. The molecule has 0 aliphatic carbocycles. The smallest absolute Gasteiger partial charge is 0.462 e. The van der Waals surface area contributed by atoms with Crippen LogP contribution in [0.3, 0.4) is 0 Å². The summed E-state index contributed by atoms with van der Waals surface area (Å²) in [4.78, 5) is 28.6. The van der Waals surface area contributed by atoms with Crippen LogP contribution in [0.5, 0.6) is 0 Å². The number of nitrogens with one attached hydrogen (secondary N) is 1. The van der Waals surface area contributed by atoms with Crippen molar-refractivity contribution in [2.24, 2.45) is 0 Å². The second-order valence-corrected chi connectivity index (χ2v) is 8.95. The minimum atomic E-state index is -0.703. The lowest BCUT2D eigenvalue weighted by Gasteiger charge is -2.32. The Morgan fingerprint density at radius 2 is 1.74 bits per heavy atom. The number of benzene rings is 1. The van der Waals surface area contributed by atoms with E-state index < -0.39 is 30.4 Å². The van der Waals surface area contributed by atoms with Gasteiger partial charge in [-0.2, -0.15) is 0 Å². The van der Waals surface area contributed by atoms with E-state index in [1.54, 1.807) is 25.3 Å². The minimum Gasteiger partial charge on any atom is -0.462 e.